The molecule has 3 rings (SSSR count). The first-order valence-corrected chi connectivity index (χ1v) is 8.46. The zero-order chi connectivity index (χ0) is 14.5. The van der Waals surface area contributed by atoms with E-state index in [1.165, 1.54) is 50.8 Å². The molecular formula is C18H28N2O. The molecule has 2 fully saturated rings. The maximum absolute atomic E-state index is 6.02. The summed E-state index contributed by atoms with van der Waals surface area (Å²) in [5.41, 5.74) is 7.50. The van der Waals surface area contributed by atoms with E-state index in [2.05, 4.69) is 35.2 Å². The molecule has 3 heteroatoms. The summed E-state index contributed by atoms with van der Waals surface area (Å²) in [6.07, 6.45) is 6.57. The van der Waals surface area contributed by atoms with Crippen LogP contribution in [0.4, 0.5) is 0 Å². The summed E-state index contributed by atoms with van der Waals surface area (Å²) in [6, 6.07) is 11.3. The van der Waals surface area contributed by atoms with E-state index >= 15 is 0 Å². The molecule has 0 saturated carbocycles. The smallest absolute Gasteiger partial charge is 0.0743 e. The molecule has 0 bridgehead atoms. The molecule has 116 valence electrons. The summed E-state index contributed by atoms with van der Waals surface area (Å²) in [6.45, 7) is 4.01. The van der Waals surface area contributed by atoms with E-state index in [4.69, 9.17) is 10.5 Å². The topological polar surface area (TPSA) is 38.5 Å². The Morgan fingerprint density at radius 3 is 2.52 bits per heavy atom. The average Bonchev–Trinajstić information content (AvgIpc) is 3.05. The van der Waals surface area contributed by atoms with Crippen LogP contribution in [0.1, 0.15) is 31.2 Å². The van der Waals surface area contributed by atoms with Crippen LogP contribution in [0.25, 0.3) is 0 Å². The van der Waals surface area contributed by atoms with Crippen LogP contribution in [0.15, 0.2) is 30.3 Å². The summed E-state index contributed by atoms with van der Waals surface area (Å²) >= 11 is 0. The van der Waals surface area contributed by atoms with Crippen molar-refractivity contribution in [3.63, 3.8) is 0 Å². The quantitative estimate of drug-likeness (QED) is 0.904. The molecule has 21 heavy (non-hydrogen) atoms. The van der Waals surface area contributed by atoms with Crippen molar-refractivity contribution < 1.29 is 4.74 Å². The number of hydrogen-bond acceptors (Lipinski definition) is 3. The number of ether oxygens (including phenoxy) is 1. The summed E-state index contributed by atoms with van der Waals surface area (Å²) < 4.78 is 5.86. The fourth-order valence-corrected chi connectivity index (χ4v) is 3.88. The van der Waals surface area contributed by atoms with Crippen molar-refractivity contribution in [1.29, 1.82) is 0 Å². The van der Waals surface area contributed by atoms with Gasteiger partial charge in [-0.2, -0.15) is 0 Å². The van der Waals surface area contributed by atoms with Gasteiger partial charge in [0.2, 0.25) is 0 Å². The molecule has 0 spiro atoms. The molecule has 2 aliphatic heterocycles. The van der Waals surface area contributed by atoms with Gasteiger partial charge in [-0.1, -0.05) is 30.3 Å². The Balaban J connectivity index is 1.50. The number of hydrogen-bond donors (Lipinski definition) is 1. The van der Waals surface area contributed by atoms with Gasteiger partial charge in [0.25, 0.3) is 0 Å². The van der Waals surface area contributed by atoms with Crippen molar-refractivity contribution in [2.45, 2.75) is 44.2 Å². The SMILES string of the molecule is NCC(C1CCCO1)N1CCC(Cc2ccccc2)CC1. The molecular weight excluding hydrogens is 260 g/mol. The maximum atomic E-state index is 6.02. The number of likely N-dealkylation sites (tertiary alicyclic amines) is 1. The van der Waals surface area contributed by atoms with Gasteiger partial charge in [-0.15, -0.1) is 0 Å². The highest BCUT2D eigenvalue weighted by atomic mass is 16.5. The second kappa shape index (κ2) is 7.39. The normalized spacial score (nSPS) is 26.0. The standard InChI is InChI=1S/C18H28N2O/c19-14-17(18-7-4-12-21-18)20-10-8-16(9-11-20)13-15-5-2-1-3-6-15/h1-3,5-6,16-18H,4,7-14,19H2. The Labute approximate surface area is 128 Å². The van der Waals surface area contributed by atoms with E-state index in [0.29, 0.717) is 12.1 Å². The first-order valence-electron chi connectivity index (χ1n) is 8.46. The van der Waals surface area contributed by atoms with E-state index in [9.17, 15) is 0 Å². The van der Waals surface area contributed by atoms with E-state index in [1.54, 1.807) is 0 Å². The minimum atomic E-state index is 0.376. The maximum Gasteiger partial charge on any atom is 0.0743 e. The van der Waals surface area contributed by atoms with Crippen molar-refractivity contribution in [2.24, 2.45) is 11.7 Å². The number of rotatable bonds is 5. The van der Waals surface area contributed by atoms with Gasteiger partial charge in [0.05, 0.1) is 6.10 Å². The van der Waals surface area contributed by atoms with Crippen LogP contribution < -0.4 is 5.73 Å². The molecule has 0 radical (unpaired) electrons. The van der Waals surface area contributed by atoms with Crippen molar-refractivity contribution in [2.75, 3.05) is 26.2 Å². The van der Waals surface area contributed by atoms with E-state index < -0.39 is 0 Å². The molecule has 2 aliphatic rings. The van der Waals surface area contributed by atoms with Crippen molar-refractivity contribution in [3.8, 4) is 0 Å². The lowest BCUT2D eigenvalue weighted by molar-refractivity contribution is 0.0132. The van der Waals surface area contributed by atoms with Gasteiger partial charge >= 0.3 is 0 Å². The summed E-state index contributed by atoms with van der Waals surface area (Å²) in [4.78, 5) is 2.58. The van der Waals surface area contributed by atoms with Gasteiger partial charge in [-0.25, -0.2) is 0 Å². The lowest BCUT2D eigenvalue weighted by Crippen LogP contribution is -2.51. The number of nitrogens with two attached hydrogens (primary N) is 1. The summed E-state index contributed by atoms with van der Waals surface area (Å²) in [5, 5.41) is 0. The second-order valence-electron chi connectivity index (χ2n) is 6.52. The predicted molar refractivity (Wildman–Crippen MR) is 86.3 cm³/mol. The zero-order valence-electron chi connectivity index (χ0n) is 12.9. The molecule has 1 aromatic rings. The molecule has 0 aliphatic carbocycles. The Bertz CT molecular complexity index is 408. The Morgan fingerprint density at radius 2 is 1.90 bits per heavy atom. The molecule has 2 saturated heterocycles. The Hall–Kier alpha value is -0.900. The summed E-state index contributed by atoms with van der Waals surface area (Å²) in [7, 11) is 0. The van der Waals surface area contributed by atoms with Crippen LogP contribution >= 0.6 is 0 Å². The highest BCUT2D eigenvalue weighted by Crippen LogP contribution is 2.26. The van der Waals surface area contributed by atoms with Gasteiger partial charge in [-0.05, 0) is 56.7 Å². The Morgan fingerprint density at radius 1 is 1.14 bits per heavy atom. The van der Waals surface area contributed by atoms with E-state index in [-0.39, 0.29) is 0 Å². The molecule has 2 heterocycles. The molecule has 0 amide bonds. The lowest BCUT2D eigenvalue weighted by Gasteiger charge is -2.39. The van der Waals surface area contributed by atoms with Crippen LogP contribution in [0, 0.1) is 5.92 Å². The number of benzene rings is 1. The third kappa shape index (κ3) is 3.85. The van der Waals surface area contributed by atoms with Crippen molar-refractivity contribution in [1.82, 2.24) is 4.90 Å². The summed E-state index contributed by atoms with van der Waals surface area (Å²) in [5.74, 6) is 0.826. The zero-order valence-corrected chi connectivity index (χ0v) is 12.9. The van der Waals surface area contributed by atoms with Crippen molar-refractivity contribution >= 4 is 0 Å². The largest absolute Gasteiger partial charge is 0.377 e. The van der Waals surface area contributed by atoms with Gasteiger partial charge in [0.15, 0.2) is 0 Å². The molecule has 0 aromatic heterocycles. The number of nitrogens with zero attached hydrogens (tertiary/aromatic N) is 1. The third-order valence-electron chi connectivity index (χ3n) is 5.12. The van der Waals surface area contributed by atoms with Gasteiger partial charge in [0, 0.05) is 19.2 Å². The van der Waals surface area contributed by atoms with Crippen LogP contribution in [0.2, 0.25) is 0 Å². The van der Waals surface area contributed by atoms with Gasteiger partial charge in [-0.3, -0.25) is 4.90 Å². The molecule has 3 nitrogen and oxygen atoms in total. The fraction of sp³-hybridized carbons (Fsp3) is 0.667. The third-order valence-corrected chi connectivity index (χ3v) is 5.12. The first-order chi connectivity index (χ1) is 10.4. The fourth-order valence-electron chi connectivity index (χ4n) is 3.88. The lowest BCUT2D eigenvalue weighted by atomic mass is 9.89. The first kappa shape index (κ1) is 15.0. The average molecular weight is 288 g/mol. The van der Waals surface area contributed by atoms with Gasteiger partial charge < -0.3 is 10.5 Å². The Kier molecular flexibility index (Phi) is 5.28. The minimum Gasteiger partial charge on any atom is -0.377 e. The molecule has 2 N–H and O–H groups in total. The highest BCUT2D eigenvalue weighted by Gasteiger charge is 2.32. The molecule has 2 atom stereocenters. The minimum absolute atomic E-state index is 0.376. The molecule has 2 unspecified atom stereocenters. The van der Waals surface area contributed by atoms with Crippen molar-refractivity contribution in [3.05, 3.63) is 35.9 Å². The van der Waals surface area contributed by atoms with Gasteiger partial charge in [0.1, 0.15) is 0 Å². The highest BCUT2D eigenvalue weighted by molar-refractivity contribution is 5.15. The van der Waals surface area contributed by atoms with Crippen LogP contribution in [0.5, 0.6) is 0 Å². The monoisotopic (exact) mass is 288 g/mol. The predicted octanol–water partition coefficient (Wildman–Crippen LogP) is 2.45. The van der Waals surface area contributed by atoms with Crippen LogP contribution in [-0.2, 0) is 11.2 Å². The number of piperidine rings is 1. The van der Waals surface area contributed by atoms with Crippen LogP contribution in [0.3, 0.4) is 0 Å². The van der Waals surface area contributed by atoms with E-state index in [1.807, 2.05) is 0 Å². The molecule has 1 aromatic carbocycles. The van der Waals surface area contributed by atoms with Crippen LogP contribution in [-0.4, -0.2) is 43.3 Å². The van der Waals surface area contributed by atoms with E-state index in [0.717, 1.165) is 19.1 Å². The second-order valence-corrected chi connectivity index (χ2v) is 6.52.